The van der Waals surface area contributed by atoms with Gasteiger partial charge in [0.2, 0.25) is 0 Å². The summed E-state index contributed by atoms with van der Waals surface area (Å²) in [6, 6.07) is 54.5. The summed E-state index contributed by atoms with van der Waals surface area (Å²) in [5, 5.41) is 26.0. The molecule has 49 heavy (non-hydrogen) atoms. The molecule has 0 atom stereocenters. The van der Waals surface area contributed by atoms with Crippen molar-refractivity contribution in [3.05, 3.63) is 157 Å². The summed E-state index contributed by atoms with van der Waals surface area (Å²) in [5.41, 5.74) is 11.2. The third kappa shape index (κ3) is 3.97. The normalized spacial score (nSPS) is 11.6. The SMILES string of the molecule is N#Cc1ccc2c3ccc(C#N)cc3n(-c3ccc4oc5ccc(-c6cccc(-n7c8ccccc8c8ccccc87)c6)cc5c4c3)c2c1. The molecule has 0 N–H and O–H groups in total. The Morgan fingerprint density at radius 3 is 1.57 bits per heavy atom. The molecule has 5 heteroatoms. The smallest absolute Gasteiger partial charge is 0.135 e. The third-order valence-electron chi connectivity index (χ3n) is 9.75. The van der Waals surface area contributed by atoms with Gasteiger partial charge in [0.15, 0.2) is 0 Å². The van der Waals surface area contributed by atoms with Crippen molar-refractivity contribution in [2.45, 2.75) is 0 Å². The fourth-order valence-corrected chi connectivity index (χ4v) is 7.55. The predicted molar refractivity (Wildman–Crippen MR) is 197 cm³/mol. The number of furan rings is 1. The van der Waals surface area contributed by atoms with E-state index in [2.05, 4.69) is 118 Å². The van der Waals surface area contributed by atoms with E-state index >= 15 is 0 Å². The van der Waals surface area contributed by atoms with Gasteiger partial charge in [-0.25, -0.2) is 0 Å². The number of rotatable bonds is 3. The topological polar surface area (TPSA) is 70.6 Å². The molecular formula is C44H24N4O. The number of aromatic nitrogens is 2. The summed E-state index contributed by atoms with van der Waals surface area (Å²) in [6.45, 7) is 0. The minimum Gasteiger partial charge on any atom is -0.456 e. The van der Waals surface area contributed by atoms with Crippen LogP contribution in [0.3, 0.4) is 0 Å². The summed E-state index contributed by atoms with van der Waals surface area (Å²) >= 11 is 0. The summed E-state index contributed by atoms with van der Waals surface area (Å²) in [6.07, 6.45) is 0. The first-order valence-corrected chi connectivity index (χ1v) is 16.1. The maximum Gasteiger partial charge on any atom is 0.135 e. The average Bonchev–Trinajstić information content (AvgIpc) is 3.81. The summed E-state index contributed by atoms with van der Waals surface area (Å²) in [4.78, 5) is 0. The van der Waals surface area contributed by atoms with E-state index in [1.54, 1.807) is 0 Å². The van der Waals surface area contributed by atoms with Crippen LogP contribution in [0.4, 0.5) is 0 Å². The summed E-state index contributed by atoms with van der Waals surface area (Å²) in [7, 11) is 0. The summed E-state index contributed by atoms with van der Waals surface area (Å²) < 4.78 is 10.8. The number of nitriles is 2. The Morgan fingerprint density at radius 1 is 0.388 bits per heavy atom. The predicted octanol–water partition coefficient (Wildman–Crippen LogP) is 11.2. The van der Waals surface area contributed by atoms with Crippen molar-refractivity contribution < 1.29 is 4.42 Å². The Labute approximate surface area is 280 Å². The fourth-order valence-electron chi connectivity index (χ4n) is 7.55. The first-order valence-electron chi connectivity index (χ1n) is 16.1. The van der Waals surface area contributed by atoms with Crippen molar-refractivity contribution in [1.82, 2.24) is 9.13 Å². The second-order valence-electron chi connectivity index (χ2n) is 12.4. The van der Waals surface area contributed by atoms with Gasteiger partial charge in [-0.3, -0.25) is 0 Å². The van der Waals surface area contributed by atoms with Gasteiger partial charge in [-0.05, 0) is 90.0 Å². The molecule has 0 aliphatic rings. The van der Waals surface area contributed by atoms with E-state index in [0.29, 0.717) is 11.1 Å². The van der Waals surface area contributed by atoms with Crippen molar-refractivity contribution >= 4 is 65.6 Å². The zero-order chi connectivity index (χ0) is 32.6. The van der Waals surface area contributed by atoms with Crippen LogP contribution in [-0.2, 0) is 0 Å². The van der Waals surface area contributed by atoms with E-state index in [1.165, 1.54) is 21.8 Å². The second kappa shape index (κ2) is 10.2. The molecule has 0 spiro atoms. The van der Waals surface area contributed by atoms with Crippen LogP contribution < -0.4 is 0 Å². The lowest BCUT2D eigenvalue weighted by atomic mass is 10.0. The van der Waals surface area contributed by atoms with E-state index < -0.39 is 0 Å². The Hall–Kier alpha value is -7.08. The first kappa shape index (κ1) is 27.1. The maximum atomic E-state index is 9.72. The van der Waals surface area contributed by atoms with Crippen molar-refractivity contribution in [2.75, 3.05) is 0 Å². The van der Waals surface area contributed by atoms with Gasteiger partial charge < -0.3 is 13.6 Å². The quantitative estimate of drug-likeness (QED) is 0.196. The molecule has 3 aromatic heterocycles. The van der Waals surface area contributed by atoms with Crippen LogP contribution in [0.2, 0.25) is 0 Å². The first-order chi connectivity index (χ1) is 24.2. The number of fused-ring (bicyclic) bond motifs is 9. The largest absolute Gasteiger partial charge is 0.456 e. The number of hydrogen-bond acceptors (Lipinski definition) is 3. The zero-order valence-electron chi connectivity index (χ0n) is 26.1. The van der Waals surface area contributed by atoms with E-state index in [1.807, 2.05) is 48.5 Å². The molecule has 0 saturated carbocycles. The van der Waals surface area contributed by atoms with Gasteiger partial charge in [0, 0.05) is 43.7 Å². The van der Waals surface area contributed by atoms with Gasteiger partial charge in [0.25, 0.3) is 0 Å². The van der Waals surface area contributed by atoms with Crippen LogP contribution >= 0.6 is 0 Å². The molecule has 10 aromatic rings. The second-order valence-corrected chi connectivity index (χ2v) is 12.4. The molecule has 0 aliphatic heterocycles. The number of hydrogen-bond donors (Lipinski definition) is 0. The van der Waals surface area contributed by atoms with Crippen molar-refractivity contribution in [1.29, 1.82) is 10.5 Å². The van der Waals surface area contributed by atoms with E-state index in [-0.39, 0.29) is 0 Å². The molecule has 5 nitrogen and oxygen atoms in total. The highest BCUT2D eigenvalue weighted by atomic mass is 16.3. The van der Waals surface area contributed by atoms with Crippen LogP contribution in [-0.4, -0.2) is 9.13 Å². The zero-order valence-corrected chi connectivity index (χ0v) is 26.1. The molecule has 0 radical (unpaired) electrons. The number of nitrogens with zero attached hydrogens (tertiary/aromatic N) is 4. The van der Waals surface area contributed by atoms with E-state index in [0.717, 1.165) is 66.2 Å². The van der Waals surface area contributed by atoms with Gasteiger partial charge in [0.1, 0.15) is 11.2 Å². The molecule has 226 valence electrons. The highest BCUT2D eigenvalue weighted by Crippen LogP contribution is 2.38. The molecule has 10 rings (SSSR count). The third-order valence-corrected chi connectivity index (χ3v) is 9.75. The molecule has 0 bridgehead atoms. The molecule has 0 aliphatic carbocycles. The average molecular weight is 625 g/mol. The molecule has 0 unspecified atom stereocenters. The van der Waals surface area contributed by atoms with Gasteiger partial charge >= 0.3 is 0 Å². The lowest BCUT2D eigenvalue weighted by Crippen LogP contribution is -1.94. The number of para-hydroxylation sites is 2. The van der Waals surface area contributed by atoms with Crippen LogP contribution in [0.1, 0.15) is 11.1 Å². The van der Waals surface area contributed by atoms with Crippen molar-refractivity contribution in [2.24, 2.45) is 0 Å². The summed E-state index contributed by atoms with van der Waals surface area (Å²) in [5.74, 6) is 0. The lowest BCUT2D eigenvalue weighted by Gasteiger charge is -2.10. The van der Waals surface area contributed by atoms with Crippen LogP contribution in [0.5, 0.6) is 0 Å². The standard InChI is InChI=1S/C44H24N4O/c45-25-27-12-16-35-36-17-13-28(26-46)21-42(36)48(41(35)20-27)32-15-19-44-38(24-32)37-23-30(14-18-43(37)49-44)29-6-5-7-31(22-29)47-39-10-3-1-8-33(39)34-9-2-4-11-40(34)47/h1-24H. The van der Waals surface area contributed by atoms with E-state index in [4.69, 9.17) is 4.42 Å². The van der Waals surface area contributed by atoms with Crippen molar-refractivity contribution in [3.8, 4) is 34.6 Å². The lowest BCUT2D eigenvalue weighted by molar-refractivity contribution is 0.669. The van der Waals surface area contributed by atoms with Gasteiger partial charge in [-0.1, -0.05) is 66.7 Å². The minimum atomic E-state index is 0.583. The molecule has 0 amide bonds. The number of benzene rings is 7. The Morgan fingerprint density at radius 2 is 0.918 bits per heavy atom. The van der Waals surface area contributed by atoms with Crippen molar-refractivity contribution in [3.63, 3.8) is 0 Å². The maximum absolute atomic E-state index is 9.72. The van der Waals surface area contributed by atoms with E-state index in [9.17, 15) is 10.5 Å². The van der Waals surface area contributed by atoms with Gasteiger partial charge in [-0.2, -0.15) is 10.5 Å². The molecule has 0 saturated heterocycles. The fraction of sp³-hybridized carbons (Fsp3) is 0. The molecular weight excluding hydrogens is 601 g/mol. The van der Waals surface area contributed by atoms with Gasteiger partial charge in [-0.15, -0.1) is 0 Å². The van der Waals surface area contributed by atoms with Crippen LogP contribution in [0.15, 0.2) is 150 Å². The monoisotopic (exact) mass is 624 g/mol. The minimum absolute atomic E-state index is 0.583. The Balaban J connectivity index is 1.16. The molecule has 0 fully saturated rings. The Kier molecular flexibility index (Phi) is 5.64. The highest BCUT2D eigenvalue weighted by molar-refractivity contribution is 6.12. The molecule has 3 heterocycles. The van der Waals surface area contributed by atoms with Crippen LogP contribution in [0, 0.1) is 22.7 Å². The Bertz CT molecular complexity index is 2960. The van der Waals surface area contributed by atoms with Crippen LogP contribution in [0.25, 0.3) is 88.1 Å². The highest BCUT2D eigenvalue weighted by Gasteiger charge is 2.17. The molecule has 7 aromatic carbocycles. The van der Waals surface area contributed by atoms with Gasteiger partial charge in [0.05, 0.1) is 45.3 Å².